The van der Waals surface area contributed by atoms with Crippen molar-refractivity contribution in [1.82, 2.24) is 4.98 Å². The van der Waals surface area contributed by atoms with E-state index >= 15 is 0 Å². The van der Waals surface area contributed by atoms with E-state index in [-0.39, 0.29) is 5.41 Å². The molecule has 0 spiro atoms. The maximum absolute atomic E-state index is 12.9. The number of anilines is 1. The second-order valence-electron chi connectivity index (χ2n) is 6.75. The summed E-state index contributed by atoms with van der Waals surface area (Å²) in [5.74, 6) is -0.792. The molecule has 2 rings (SSSR count). The Morgan fingerprint density at radius 1 is 1.12 bits per heavy atom. The molecule has 2 aromatic rings. The van der Waals surface area contributed by atoms with E-state index in [0.717, 1.165) is 23.4 Å². The first-order valence-electron chi connectivity index (χ1n) is 7.55. The van der Waals surface area contributed by atoms with Gasteiger partial charge in [0.15, 0.2) is 0 Å². The predicted molar refractivity (Wildman–Crippen MR) is 92.1 cm³/mol. The highest BCUT2D eigenvalue weighted by atomic mass is 35.5. The number of amides is 1. The lowest BCUT2D eigenvalue weighted by atomic mass is 9.84. The van der Waals surface area contributed by atoms with Gasteiger partial charge in [0.1, 0.15) is 5.69 Å². The average Bonchev–Trinajstić information content (AvgIpc) is 2.47. The van der Waals surface area contributed by atoms with Crippen molar-refractivity contribution < 1.29 is 18.0 Å². The van der Waals surface area contributed by atoms with Crippen LogP contribution in [0.15, 0.2) is 30.5 Å². The molecular formula is C18H18ClF3N2O. The quantitative estimate of drug-likeness (QED) is 0.746. The molecule has 0 fully saturated rings. The van der Waals surface area contributed by atoms with Crippen LogP contribution in [0.2, 0.25) is 5.02 Å². The van der Waals surface area contributed by atoms with Gasteiger partial charge in [0.25, 0.3) is 5.91 Å². The fraction of sp³-hybridized carbons (Fsp3) is 0.333. The largest absolute Gasteiger partial charge is 0.417 e. The number of carbonyl (C=O) groups excluding carboxylic acids is 1. The zero-order chi connectivity index (χ0) is 19.0. The van der Waals surface area contributed by atoms with Crippen molar-refractivity contribution in [2.75, 3.05) is 5.32 Å². The minimum Gasteiger partial charge on any atom is -0.321 e. The smallest absolute Gasteiger partial charge is 0.321 e. The minimum absolute atomic E-state index is 0.142. The topological polar surface area (TPSA) is 42.0 Å². The van der Waals surface area contributed by atoms with Gasteiger partial charge in [-0.2, -0.15) is 13.2 Å². The zero-order valence-electron chi connectivity index (χ0n) is 14.3. The van der Waals surface area contributed by atoms with Crippen LogP contribution in [0, 0.1) is 6.92 Å². The van der Waals surface area contributed by atoms with E-state index in [1.165, 1.54) is 0 Å². The average molecular weight is 371 g/mol. The second-order valence-corrected chi connectivity index (χ2v) is 7.13. The lowest BCUT2D eigenvalue weighted by Gasteiger charge is -2.22. The number of halogens is 4. The summed E-state index contributed by atoms with van der Waals surface area (Å²) in [4.78, 5) is 16.0. The number of nitrogens with one attached hydrogen (secondary N) is 1. The van der Waals surface area contributed by atoms with E-state index in [1.54, 1.807) is 12.1 Å². The first-order valence-corrected chi connectivity index (χ1v) is 7.93. The molecule has 3 nitrogen and oxygen atoms in total. The van der Waals surface area contributed by atoms with Crippen LogP contribution < -0.4 is 5.32 Å². The van der Waals surface area contributed by atoms with Crippen molar-refractivity contribution in [1.29, 1.82) is 0 Å². The van der Waals surface area contributed by atoms with Gasteiger partial charge in [0.2, 0.25) is 0 Å². The Balaban J connectivity index is 2.36. The van der Waals surface area contributed by atoms with Gasteiger partial charge in [0.05, 0.1) is 10.6 Å². The van der Waals surface area contributed by atoms with E-state index in [9.17, 15) is 18.0 Å². The molecule has 0 radical (unpaired) electrons. The zero-order valence-corrected chi connectivity index (χ0v) is 15.0. The molecular weight excluding hydrogens is 353 g/mol. The lowest BCUT2D eigenvalue weighted by molar-refractivity contribution is -0.137. The van der Waals surface area contributed by atoms with Crippen LogP contribution in [-0.2, 0) is 11.6 Å². The number of carbonyl (C=O) groups is 1. The molecule has 1 amide bonds. The van der Waals surface area contributed by atoms with Crippen LogP contribution >= 0.6 is 11.6 Å². The Hall–Kier alpha value is -2.08. The molecule has 0 aliphatic heterocycles. The fourth-order valence-corrected chi connectivity index (χ4v) is 2.82. The number of aryl methyl sites for hydroxylation is 1. The Kier molecular flexibility index (Phi) is 5.14. The standard InChI is InChI=1S/C18H18ClF3N2O/c1-10-5-6-11(9-13(10)17(2,3)4)24-16(25)15-14(19)12(7-8-23-15)18(20,21)22/h5-9H,1-4H3,(H,24,25). The van der Waals surface area contributed by atoms with Gasteiger partial charge in [0, 0.05) is 11.9 Å². The summed E-state index contributed by atoms with van der Waals surface area (Å²) in [7, 11) is 0. The van der Waals surface area contributed by atoms with Crippen molar-refractivity contribution in [2.24, 2.45) is 0 Å². The number of nitrogens with zero attached hydrogens (tertiary/aromatic N) is 1. The fourth-order valence-electron chi connectivity index (χ4n) is 2.52. The number of hydrogen-bond acceptors (Lipinski definition) is 2. The van der Waals surface area contributed by atoms with E-state index in [0.29, 0.717) is 5.69 Å². The highest BCUT2D eigenvalue weighted by Gasteiger charge is 2.35. The Labute approximate surface area is 149 Å². The number of pyridine rings is 1. The molecule has 0 atom stereocenters. The Morgan fingerprint density at radius 3 is 2.32 bits per heavy atom. The van der Waals surface area contributed by atoms with Crippen molar-refractivity contribution in [2.45, 2.75) is 39.3 Å². The summed E-state index contributed by atoms with van der Waals surface area (Å²) < 4.78 is 38.7. The number of benzene rings is 1. The Morgan fingerprint density at radius 2 is 1.76 bits per heavy atom. The van der Waals surface area contributed by atoms with Crippen LogP contribution in [-0.4, -0.2) is 10.9 Å². The molecule has 7 heteroatoms. The normalized spacial score (nSPS) is 12.2. The highest BCUT2D eigenvalue weighted by Crippen LogP contribution is 2.35. The molecule has 0 bridgehead atoms. The minimum atomic E-state index is -4.65. The van der Waals surface area contributed by atoms with E-state index < -0.39 is 28.4 Å². The third-order valence-electron chi connectivity index (χ3n) is 3.71. The number of aromatic nitrogens is 1. The third-order valence-corrected chi connectivity index (χ3v) is 4.10. The van der Waals surface area contributed by atoms with Gasteiger partial charge >= 0.3 is 6.18 Å². The number of rotatable bonds is 2. The van der Waals surface area contributed by atoms with Crippen LogP contribution in [0.4, 0.5) is 18.9 Å². The molecule has 0 unspecified atom stereocenters. The molecule has 0 aliphatic rings. The molecule has 0 saturated carbocycles. The van der Waals surface area contributed by atoms with Gasteiger partial charge in [-0.3, -0.25) is 4.79 Å². The molecule has 0 aliphatic carbocycles. The lowest BCUT2D eigenvalue weighted by Crippen LogP contribution is -2.18. The van der Waals surface area contributed by atoms with Gasteiger partial charge in [-0.25, -0.2) is 4.98 Å². The molecule has 1 N–H and O–H groups in total. The van der Waals surface area contributed by atoms with E-state index in [2.05, 4.69) is 10.3 Å². The number of alkyl halides is 3. The molecule has 1 heterocycles. The first-order chi connectivity index (χ1) is 11.4. The highest BCUT2D eigenvalue weighted by molar-refractivity contribution is 6.34. The summed E-state index contributed by atoms with van der Waals surface area (Å²) in [5, 5.41) is 1.85. The van der Waals surface area contributed by atoms with E-state index in [4.69, 9.17) is 11.6 Å². The van der Waals surface area contributed by atoms with Crippen molar-refractivity contribution in [3.63, 3.8) is 0 Å². The van der Waals surface area contributed by atoms with Gasteiger partial charge < -0.3 is 5.32 Å². The Bertz CT molecular complexity index is 811. The van der Waals surface area contributed by atoms with Crippen LogP contribution in [0.5, 0.6) is 0 Å². The van der Waals surface area contributed by atoms with Crippen LogP contribution in [0.3, 0.4) is 0 Å². The summed E-state index contributed by atoms with van der Waals surface area (Å²) in [5.41, 5.74) is 0.851. The maximum atomic E-state index is 12.9. The van der Waals surface area contributed by atoms with Crippen molar-refractivity contribution in [3.05, 3.63) is 57.9 Å². The summed E-state index contributed by atoms with van der Waals surface area (Å²) in [6.07, 6.45) is -3.74. The molecule has 1 aromatic heterocycles. The molecule has 1 aromatic carbocycles. The SMILES string of the molecule is Cc1ccc(NC(=O)c2nccc(C(F)(F)F)c2Cl)cc1C(C)(C)C. The van der Waals surface area contributed by atoms with Gasteiger partial charge in [-0.1, -0.05) is 38.4 Å². The monoisotopic (exact) mass is 370 g/mol. The van der Waals surface area contributed by atoms with Crippen molar-refractivity contribution >= 4 is 23.2 Å². The molecule has 25 heavy (non-hydrogen) atoms. The van der Waals surface area contributed by atoms with Gasteiger partial charge in [-0.05, 0) is 41.7 Å². The summed E-state index contributed by atoms with van der Waals surface area (Å²) in [6, 6.07) is 6.07. The van der Waals surface area contributed by atoms with Crippen LogP contribution in [0.25, 0.3) is 0 Å². The molecule has 134 valence electrons. The maximum Gasteiger partial charge on any atom is 0.417 e. The van der Waals surface area contributed by atoms with Gasteiger partial charge in [-0.15, -0.1) is 0 Å². The van der Waals surface area contributed by atoms with Crippen LogP contribution in [0.1, 0.15) is 48.0 Å². The molecule has 0 saturated heterocycles. The van der Waals surface area contributed by atoms with Crippen molar-refractivity contribution in [3.8, 4) is 0 Å². The van der Waals surface area contributed by atoms with E-state index in [1.807, 2.05) is 33.8 Å². The predicted octanol–water partition coefficient (Wildman–Crippen LogP) is 5.61. The number of hydrogen-bond donors (Lipinski definition) is 1. The first kappa shape index (κ1) is 19.2. The summed E-state index contributed by atoms with van der Waals surface area (Å²) >= 11 is 5.74. The second kappa shape index (κ2) is 6.67. The summed E-state index contributed by atoms with van der Waals surface area (Å²) in [6.45, 7) is 8.06. The third kappa shape index (κ3) is 4.31.